The summed E-state index contributed by atoms with van der Waals surface area (Å²) in [6.45, 7) is 3.52. The Kier molecular flexibility index (Phi) is 2.55. The second kappa shape index (κ2) is 4.03. The first-order valence-electron chi connectivity index (χ1n) is 5.45. The Hall–Kier alpha value is -0.730. The average molecular weight is 217 g/mol. The van der Waals surface area contributed by atoms with Crippen molar-refractivity contribution in [2.45, 2.75) is 6.54 Å². The van der Waals surface area contributed by atoms with E-state index in [0.29, 0.717) is 0 Å². The first-order chi connectivity index (χ1) is 7.42. The normalized spacial score (nSPS) is 21.1. The molecule has 2 aliphatic rings. The van der Waals surface area contributed by atoms with Crippen molar-refractivity contribution in [2.24, 2.45) is 0 Å². The van der Waals surface area contributed by atoms with E-state index in [1.54, 1.807) is 11.1 Å². The van der Waals surface area contributed by atoms with Gasteiger partial charge in [-0.3, -0.25) is 4.90 Å². The van der Waals surface area contributed by atoms with Gasteiger partial charge in [0, 0.05) is 31.1 Å². The number of rotatable bonds is 2. The molecule has 1 nitrogen and oxygen atoms in total. The number of thioether (sulfide) groups is 1. The fourth-order valence-electron chi connectivity index (χ4n) is 2.37. The molecule has 0 fully saturated rings. The number of hydrogen-bond donors (Lipinski definition) is 0. The Morgan fingerprint density at radius 2 is 1.67 bits per heavy atom. The smallest absolute Gasteiger partial charge is 0.0240 e. The van der Waals surface area contributed by atoms with Crippen LogP contribution in [0.25, 0.3) is 0 Å². The van der Waals surface area contributed by atoms with Crippen LogP contribution in [0.4, 0.5) is 0 Å². The van der Waals surface area contributed by atoms with Gasteiger partial charge < -0.3 is 0 Å². The van der Waals surface area contributed by atoms with E-state index in [2.05, 4.69) is 47.0 Å². The van der Waals surface area contributed by atoms with E-state index in [1.807, 2.05) is 0 Å². The lowest BCUT2D eigenvalue weighted by Crippen LogP contribution is -2.22. The summed E-state index contributed by atoms with van der Waals surface area (Å²) in [6.07, 6.45) is 0. The maximum Gasteiger partial charge on any atom is 0.0240 e. The fraction of sp³-hybridized carbons (Fsp3) is 0.385. The standard InChI is InChI=1S/C13H15NS/c1-2-4-11(5-3-1)6-14-7-12-9-15-10-13(12)8-14/h1-5H,6-10H2. The van der Waals surface area contributed by atoms with Crippen molar-refractivity contribution in [1.82, 2.24) is 4.90 Å². The summed E-state index contributed by atoms with van der Waals surface area (Å²) in [6, 6.07) is 10.8. The van der Waals surface area contributed by atoms with Crippen molar-refractivity contribution >= 4 is 11.8 Å². The van der Waals surface area contributed by atoms with Crippen LogP contribution in [-0.4, -0.2) is 29.5 Å². The van der Waals surface area contributed by atoms with Crippen LogP contribution in [-0.2, 0) is 6.54 Å². The van der Waals surface area contributed by atoms with Crippen LogP contribution in [0.5, 0.6) is 0 Å². The van der Waals surface area contributed by atoms with Gasteiger partial charge in [0.15, 0.2) is 0 Å². The average Bonchev–Trinajstić information content (AvgIpc) is 2.79. The molecule has 0 atom stereocenters. The predicted octanol–water partition coefficient (Wildman–Crippen LogP) is 2.55. The zero-order chi connectivity index (χ0) is 10.1. The molecule has 2 heteroatoms. The Morgan fingerprint density at radius 3 is 2.33 bits per heavy atom. The van der Waals surface area contributed by atoms with Crippen LogP contribution in [0.1, 0.15) is 5.56 Å². The van der Waals surface area contributed by atoms with Gasteiger partial charge in [-0.2, -0.15) is 11.8 Å². The van der Waals surface area contributed by atoms with Crippen molar-refractivity contribution < 1.29 is 0 Å². The van der Waals surface area contributed by atoms with E-state index in [-0.39, 0.29) is 0 Å². The van der Waals surface area contributed by atoms with E-state index in [0.717, 1.165) is 6.54 Å². The molecular formula is C13H15NS. The molecule has 1 aromatic carbocycles. The van der Waals surface area contributed by atoms with Gasteiger partial charge in [-0.25, -0.2) is 0 Å². The van der Waals surface area contributed by atoms with Gasteiger partial charge in [0.05, 0.1) is 0 Å². The summed E-state index contributed by atoms with van der Waals surface area (Å²) in [5.74, 6) is 2.56. The molecule has 0 amide bonds. The molecule has 78 valence electrons. The van der Waals surface area contributed by atoms with Crippen LogP contribution >= 0.6 is 11.8 Å². The largest absolute Gasteiger partial charge is 0.291 e. The summed E-state index contributed by atoms with van der Waals surface area (Å²) >= 11 is 2.07. The Morgan fingerprint density at radius 1 is 1.00 bits per heavy atom. The minimum absolute atomic E-state index is 1.11. The predicted molar refractivity (Wildman–Crippen MR) is 66.1 cm³/mol. The van der Waals surface area contributed by atoms with E-state index in [4.69, 9.17) is 0 Å². The quantitative estimate of drug-likeness (QED) is 0.700. The Labute approximate surface area is 95.2 Å². The summed E-state index contributed by atoms with van der Waals surface area (Å²) in [5.41, 5.74) is 4.85. The van der Waals surface area contributed by atoms with Crippen molar-refractivity contribution in [3.8, 4) is 0 Å². The first kappa shape index (κ1) is 9.49. The van der Waals surface area contributed by atoms with Crippen molar-refractivity contribution in [3.05, 3.63) is 47.0 Å². The molecule has 3 rings (SSSR count). The summed E-state index contributed by atoms with van der Waals surface area (Å²) in [4.78, 5) is 2.56. The Balaban J connectivity index is 1.64. The second-order valence-corrected chi connectivity index (χ2v) is 5.32. The molecule has 0 unspecified atom stereocenters. The van der Waals surface area contributed by atoms with E-state index in [1.165, 1.54) is 30.2 Å². The monoisotopic (exact) mass is 217 g/mol. The maximum absolute atomic E-state index is 2.56. The Bertz CT molecular complexity index is 367. The van der Waals surface area contributed by atoms with Crippen LogP contribution in [0, 0.1) is 0 Å². The highest BCUT2D eigenvalue weighted by Gasteiger charge is 2.25. The molecule has 0 spiro atoms. The van der Waals surface area contributed by atoms with E-state index >= 15 is 0 Å². The zero-order valence-corrected chi connectivity index (χ0v) is 9.59. The van der Waals surface area contributed by atoms with E-state index < -0.39 is 0 Å². The van der Waals surface area contributed by atoms with Gasteiger partial charge in [0.2, 0.25) is 0 Å². The molecule has 15 heavy (non-hydrogen) atoms. The summed E-state index contributed by atoms with van der Waals surface area (Å²) in [5, 5.41) is 0. The lowest BCUT2D eigenvalue weighted by atomic mass is 10.2. The molecule has 0 N–H and O–H groups in total. The molecule has 0 aliphatic carbocycles. The van der Waals surface area contributed by atoms with Crippen molar-refractivity contribution in [3.63, 3.8) is 0 Å². The molecular weight excluding hydrogens is 202 g/mol. The van der Waals surface area contributed by atoms with Crippen LogP contribution in [0.15, 0.2) is 41.5 Å². The van der Waals surface area contributed by atoms with Gasteiger partial charge in [-0.1, -0.05) is 30.3 Å². The topological polar surface area (TPSA) is 3.24 Å². The molecule has 2 aliphatic heterocycles. The van der Waals surface area contributed by atoms with Gasteiger partial charge in [0.25, 0.3) is 0 Å². The van der Waals surface area contributed by atoms with Crippen molar-refractivity contribution in [2.75, 3.05) is 24.6 Å². The third-order valence-electron chi connectivity index (χ3n) is 3.13. The van der Waals surface area contributed by atoms with Crippen LogP contribution < -0.4 is 0 Å². The summed E-state index contributed by atoms with van der Waals surface area (Å²) < 4.78 is 0. The highest BCUT2D eigenvalue weighted by Crippen LogP contribution is 2.31. The number of benzene rings is 1. The molecule has 1 aromatic rings. The minimum atomic E-state index is 1.11. The molecule has 0 bridgehead atoms. The third-order valence-corrected chi connectivity index (χ3v) is 4.24. The molecule has 2 heterocycles. The molecule has 0 saturated heterocycles. The van der Waals surface area contributed by atoms with Gasteiger partial charge in [-0.15, -0.1) is 0 Å². The van der Waals surface area contributed by atoms with Crippen LogP contribution in [0.3, 0.4) is 0 Å². The molecule has 0 saturated carbocycles. The summed E-state index contributed by atoms with van der Waals surface area (Å²) in [7, 11) is 0. The van der Waals surface area contributed by atoms with Gasteiger partial charge in [-0.05, 0) is 16.7 Å². The van der Waals surface area contributed by atoms with Crippen LogP contribution in [0.2, 0.25) is 0 Å². The fourth-order valence-corrected chi connectivity index (χ4v) is 3.55. The lowest BCUT2D eigenvalue weighted by Gasteiger charge is -2.17. The first-order valence-corrected chi connectivity index (χ1v) is 6.61. The number of nitrogens with zero attached hydrogens (tertiary/aromatic N) is 1. The van der Waals surface area contributed by atoms with Gasteiger partial charge in [0.1, 0.15) is 0 Å². The van der Waals surface area contributed by atoms with E-state index in [9.17, 15) is 0 Å². The van der Waals surface area contributed by atoms with Gasteiger partial charge >= 0.3 is 0 Å². The highest BCUT2D eigenvalue weighted by atomic mass is 32.2. The SMILES string of the molecule is c1ccc(CN2CC3=C(CSC3)C2)cc1. The molecule has 0 radical (unpaired) electrons. The third kappa shape index (κ3) is 1.97. The second-order valence-electron chi connectivity index (χ2n) is 4.33. The number of hydrogen-bond acceptors (Lipinski definition) is 2. The maximum atomic E-state index is 2.56. The molecule has 0 aromatic heterocycles. The minimum Gasteiger partial charge on any atom is -0.291 e. The van der Waals surface area contributed by atoms with Crippen molar-refractivity contribution in [1.29, 1.82) is 0 Å². The lowest BCUT2D eigenvalue weighted by molar-refractivity contribution is 0.337. The highest BCUT2D eigenvalue weighted by molar-refractivity contribution is 7.99. The zero-order valence-electron chi connectivity index (χ0n) is 8.78.